The fourth-order valence-electron chi connectivity index (χ4n) is 0.855. The number of methoxy groups -OCH3 is 1. The molecule has 0 spiro atoms. The van der Waals surface area contributed by atoms with Gasteiger partial charge in [-0.2, -0.15) is 0 Å². The number of amides is 1. The smallest absolute Gasteiger partial charge is 0.248 e. The van der Waals surface area contributed by atoms with Crippen LogP contribution in [0.5, 0.6) is 5.75 Å². The van der Waals surface area contributed by atoms with Crippen molar-refractivity contribution < 1.29 is 9.53 Å². The van der Waals surface area contributed by atoms with Crippen LogP contribution in [0.4, 0.5) is 0 Å². The van der Waals surface area contributed by atoms with E-state index in [2.05, 4.69) is 15.9 Å². The van der Waals surface area contributed by atoms with Crippen LogP contribution < -0.4 is 10.5 Å². The van der Waals surface area contributed by atoms with Crippen molar-refractivity contribution in [2.75, 3.05) is 7.11 Å². The fraction of sp³-hybridized carbons (Fsp3) is 0.125. The number of ether oxygens (including phenoxy) is 1. The molecule has 1 amide bonds. The van der Waals surface area contributed by atoms with Crippen molar-refractivity contribution in [2.24, 2.45) is 5.73 Å². The van der Waals surface area contributed by atoms with Gasteiger partial charge in [-0.05, 0) is 28.1 Å². The molecule has 2 N–H and O–H groups in total. The molecule has 1 aromatic rings. The van der Waals surface area contributed by atoms with E-state index in [0.717, 1.165) is 0 Å². The number of hydrogen-bond acceptors (Lipinski definition) is 2. The Kier molecular flexibility index (Phi) is 3.17. The molecule has 70 valence electrons. The van der Waals surface area contributed by atoms with Crippen molar-refractivity contribution in [1.29, 1.82) is 0 Å². The highest BCUT2D eigenvalue weighted by Crippen LogP contribution is 2.33. The zero-order valence-electron chi connectivity index (χ0n) is 6.80. The third kappa shape index (κ3) is 2.14. The molecule has 0 saturated carbocycles. The molecule has 0 unspecified atom stereocenters. The Hall–Kier alpha value is -0.740. The monoisotopic (exact) mass is 263 g/mol. The number of carbonyl (C=O) groups excluding carboxylic acids is 1. The van der Waals surface area contributed by atoms with Crippen molar-refractivity contribution in [1.82, 2.24) is 0 Å². The standard InChI is InChI=1S/C8H7BrClNO2/c1-13-6-3-4(8(11)12)2-5(9)7(6)10/h2-3H,1H3,(H2,11,12). The topological polar surface area (TPSA) is 52.3 Å². The molecular formula is C8H7BrClNO2. The third-order valence-corrected chi connectivity index (χ3v) is 2.74. The van der Waals surface area contributed by atoms with Gasteiger partial charge in [0.1, 0.15) is 5.75 Å². The Balaban J connectivity index is 3.30. The molecule has 0 aliphatic rings. The predicted octanol–water partition coefficient (Wildman–Crippen LogP) is 2.21. The molecule has 13 heavy (non-hydrogen) atoms. The highest BCUT2D eigenvalue weighted by Gasteiger charge is 2.10. The van der Waals surface area contributed by atoms with Gasteiger partial charge in [-0.1, -0.05) is 11.6 Å². The van der Waals surface area contributed by atoms with E-state index in [-0.39, 0.29) is 0 Å². The Morgan fingerprint density at radius 3 is 2.69 bits per heavy atom. The fourth-order valence-corrected chi connectivity index (χ4v) is 1.48. The van der Waals surface area contributed by atoms with Crippen LogP contribution in [0.15, 0.2) is 16.6 Å². The minimum Gasteiger partial charge on any atom is -0.495 e. The summed E-state index contributed by atoms with van der Waals surface area (Å²) >= 11 is 9.03. The Morgan fingerprint density at radius 2 is 2.23 bits per heavy atom. The Labute approximate surface area is 88.9 Å². The molecule has 0 aromatic heterocycles. The van der Waals surface area contributed by atoms with Crippen molar-refractivity contribution >= 4 is 33.4 Å². The van der Waals surface area contributed by atoms with Gasteiger partial charge in [0, 0.05) is 10.0 Å². The number of primary amides is 1. The van der Waals surface area contributed by atoms with Crippen LogP contribution in [0.3, 0.4) is 0 Å². The molecule has 0 heterocycles. The maximum absolute atomic E-state index is 10.8. The minimum atomic E-state index is -0.518. The van der Waals surface area contributed by atoms with Crippen molar-refractivity contribution in [3.8, 4) is 5.75 Å². The number of nitrogens with two attached hydrogens (primary N) is 1. The van der Waals surface area contributed by atoms with Crippen LogP contribution in [0.25, 0.3) is 0 Å². The molecule has 1 aromatic carbocycles. The highest BCUT2D eigenvalue weighted by molar-refractivity contribution is 9.10. The largest absolute Gasteiger partial charge is 0.495 e. The van der Waals surface area contributed by atoms with E-state index in [1.54, 1.807) is 6.07 Å². The maximum Gasteiger partial charge on any atom is 0.248 e. The lowest BCUT2D eigenvalue weighted by Gasteiger charge is -2.06. The first-order valence-electron chi connectivity index (χ1n) is 3.39. The van der Waals surface area contributed by atoms with Crippen molar-refractivity contribution in [3.63, 3.8) is 0 Å². The van der Waals surface area contributed by atoms with Crippen LogP contribution >= 0.6 is 27.5 Å². The zero-order chi connectivity index (χ0) is 10.0. The summed E-state index contributed by atoms with van der Waals surface area (Å²) in [5.74, 6) is -0.0968. The number of carbonyl (C=O) groups is 1. The minimum absolute atomic E-state index is 0.355. The molecule has 3 nitrogen and oxygen atoms in total. The third-order valence-electron chi connectivity index (χ3n) is 1.50. The second-order valence-corrected chi connectivity index (χ2v) is 3.57. The SMILES string of the molecule is COc1cc(C(N)=O)cc(Br)c1Cl. The lowest BCUT2D eigenvalue weighted by atomic mass is 10.2. The Bertz CT molecular complexity index is 354. The van der Waals surface area contributed by atoms with Gasteiger partial charge in [0.15, 0.2) is 0 Å². The second kappa shape index (κ2) is 3.98. The summed E-state index contributed by atoms with van der Waals surface area (Å²) in [7, 11) is 1.47. The summed E-state index contributed by atoms with van der Waals surface area (Å²) in [5.41, 5.74) is 5.45. The van der Waals surface area contributed by atoms with Crippen LogP contribution in [-0.2, 0) is 0 Å². The summed E-state index contributed by atoms with van der Waals surface area (Å²) < 4.78 is 5.53. The maximum atomic E-state index is 10.8. The van der Waals surface area contributed by atoms with Crippen LogP contribution in [0.1, 0.15) is 10.4 Å². The highest BCUT2D eigenvalue weighted by atomic mass is 79.9. The summed E-state index contributed by atoms with van der Waals surface area (Å²) in [6.45, 7) is 0. The lowest BCUT2D eigenvalue weighted by Crippen LogP contribution is -2.11. The van der Waals surface area contributed by atoms with E-state index in [1.807, 2.05) is 0 Å². The van der Waals surface area contributed by atoms with E-state index in [4.69, 9.17) is 22.1 Å². The van der Waals surface area contributed by atoms with Gasteiger partial charge in [-0.15, -0.1) is 0 Å². The average molecular weight is 265 g/mol. The molecule has 0 aliphatic heterocycles. The van der Waals surface area contributed by atoms with Crippen LogP contribution in [0, 0.1) is 0 Å². The van der Waals surface area contributed by atoms with Gasteiger partial charge >= 0.3 is 0 Å². The van der Waals surface area contributed by atoms with E-state index in [1.165, 1.54) is 13.2 Å². The number of halogens is 2. The van der Waals surface area contributed by atoms with E-state index in [9.17, 15) is 4.79 Å². The van der Waals surface area contributed by atoms with Gasteiger partial charge in [0.25, 0.3) is 0 Å². The molecule has 1 rings (SSSR count). The first-order chi connectivity index (χ1) is 6.06. The van der Waals surface area contributed by atoms with Crippen molar-refractivity contribution in [2.45, 2.75) is 0 Å². The van der Waals surface area contributed by atoms with Crippen molar-refractivity contribution in [3.05, 3.63) is 27.2 Å². The molecule has 0 saturated heterocycles. The van der Waals surface area contributed by atoms with Gasteiger partial charge in [-0.3, -0.25) is 4.79 Å². The quantitative estimate of drug-likeness (QED) is 0.890. The molecule has 0 radical (unpaired) electrons. The summed E-state index contributed by atoms with van der Waals surface area (Å²) in [4.78, 5) is 10.8. The van der Waals surface area contributed by atoms with Gasteiger partial charge in [0.05, 0.1) is 12.1 Å². The first kappa shape index (κ1) is 10.3. The van der Waals surface area contributed by atoms with E-state index < -0.39 is 5.91 Å². The molecule has 0 bridgehead atoms. The normalized spacial score (nSPS) is 9.77. The summed E-state index contributed by atoms with van der Waals surface area (Å²) in [6, 6.07) is 3.04. The van der Waals surface area contributed by atoms with Gasteiger partial charge < -0.3 is 10.5 Å². The molecule has 0 atom stereocenters. The number of benzene rings is 1. The van der Waals surface area contributed by atoms with Gasteiger partial charge in [-0.25, -0.2) is 0 Å². The number of rotatable bonds is 2. The predicted molar refractivity (Wildman–Crippen MR) is 54.2 cm³/mol. The summed E-state index contributed by atoms with van der Waals surface area (Å²) in [5, 5.41) is 0.424. The zero-order valence-corrected chi connectivity index (χ0v) is 9.15. The van der Waals surface area contributed by atoms with E-state index in [0.29, 0.717) is 20.8 Å². The summed E-state index contributed by atoms with van der Waals surface area (Å²) in [6.07, 6.45) is 0. The van der Waals surface area contributed by atoms with E-state index >= 15 is 0 Å². The molecule has 5 heteroatoms. The molecular weight excluding hydrogens is 257 g/mol. The average Bonchev–Trinajstić information content (AvgIpc) is 2.09. The second-order valence-electron chi connectivity index (χ2n) is 2.34. The first-order valence-corrected chi connectivity index (χ1v) is 4.56. The Morgan fingerprint density at radius 1 is 1.62 bits per heavy atom. The lowest BCUT2D eigenvalue weighted by molar-refractivity contribution is 0.1000. The van der Waals surface area contributed by atoms with Gasteiger partial charge in [0.2, 0.25) is 5.91 Å². The molecule has 0 fully saturated rings. The van der Waals surface area contributed by atoms with Crippen LogP contribution in [-0.4, -0.2) is 13.0 Å². The molecule has 0 aliphatic carbocycles. The van der Waals surface area contributed by atoms with Crippen LogP contribution in [0.2, 0.25) is 5.02 Å². The number of hydrogen-bond donors (Lipinski definition) is 1.